The molecule has 3 rings (SSSR count). The Bertz CT molecular complexity index is 1030. The van der Waals surface area contributed by atoms with Gasteiger partial charge < -0.3 is 5.32 Å². The van der Waals surface area contributed by atoms with Crippen LogP contribution in [0.4, 0.5) is 8.78 Å². The summed E-state index contributed by atoms with van der Waals surface area (Å²) in [5.74, 6) is -1.62. The topological polar surface area (TPSA) is 46.2 Å². The smallest absolute Gasteiger partial charge is 0.228 e. The summed E-state index contributed by atoms with van der Waals surface area (Å²) in [5.41, 5.74) is 1.51. The van der Waals surface area contributed by atoms with Crippen LogP contribution in [-0.2, 0) is 21.5 Å². The van der Waals surface area contributed by atoms with Crippen LogP contribution in [0.15, 0.2) is 72.8 Å². The van der Waals surface area contributed by atoms with Gasteiger partial charge in [0.05, 0.1) is 12.0 Å². The van der Waals surface area contributed by atoms with Crippen molar-refractivity contribution in [2.24, 2.45) is 0 Å². The Morgan fingerprint density at radius 3 is 2.13 bits per heavy atom. The highest BCUT2D eigenvalue weighted by molar-refractivity contribution is 5.97. The molecule has 0 radical (unpaired) electrons. The number of nitrogens with one attached hydrogen (secondary N) is 1. The van der Waals surface area contributed by atoms with Crippen LogP contribution in [0, 0.1) is 18.6 Å². The Kier molecular flexibility index (Phi) is 6.40. The maximum absolute atomic E-state index is 14.4. The van der Waals surface area contributed by atoms with E-state index in [9.17, 15) is 18.4 Å². The minimum atomic E-state index is -1.19. The fourth-order valence-corrected chi connectivity index (χ4v) is 3.69. The maximum Gasteiger partial charge on any atom is 0.228 e. The molecular weight excluding hydrogens is 384 g/mol. The van der Waals surface area contributed by atoms with E-state index in [-0.39, 0.29) is 12.2 Å². The highest BCUT2D eigenvalue weighted by atomic mass is 19.1. The molecule has 0 saturated carbocycles. The third-order valence-electron chi connectivity index (χ3n) is 4.95. The fraction of sp³-hybridized carbons (Fsp3) is 0.200. The van der Waals surface area contributed by atoms with Gasteiger partial charge in [0, 0.05) is 6.42 Å². The molecule has 0 fully saturated rings. The van der Waals surface area contributed by atoms with Crippen molar-refractivity contribution < 1.29 is 18.4 Å². The second-order valence-corrected chi connectivity index (χ2v) is 7.52. The van der Waals surface area contributed by atoms with Crippen molar-refractivity contribution in [3.8, 4) is 0 Å². The summed E-state index contributed by atoms with van der Waals surface area (Å²) in [7, 11) is 0. The van der Waals surface area contributed by atoms with E-state index in [0.29, 0.717) is 23.1 Å². The first kappa shape index (κ1) is 21.4. The van der Waals surface area contributed by atoms with Gasteiger partial charge in [0.2, 0.25) is 5.91 Å². The number of aryl methyl sites for hydroxylation is 1. The van der Waals surface area contributed by atoms with Gasteiger partial charge in [0.1, 0.15) is 17.4 Å². The van der Waals surface area contributed by atoms with Gasteiger partial charge in [-0.3, -0.25) is 9.59 Å². The van der Waals surface area contributed by atoms with Crippen molar-refractivity contribution in [1.82, 2.24) is 5.32 Å². The summed E-state index contributed by atoms with van der Waals surface area (Å²) in [6, 6.07) is 19.8. The SMILES string of the molecule is CC(=O)CC(=O)N[C@](Cc1ccccc1)(c1ccc(F)cc1)c1cc(C)cc(F)c1. The first-order valence-electron chi connectivity index (χ1n) is 9.66. The van der Waals surface area contributed by atoms with Gasteiger partial charge in [-0.2, -0.15) is 0 Å². The van der Waals surface area contributed by atoms with E-state index in [0.717, 1.165) is 5.56 Å². The second kappa shape index (κ2) is 8.99. The van der Waals surface area contributed by atoms with Gasteiger partial charge in [-0.05, 0) is 60.4 Å². The molecule has 3 aromatic carbocycles. The average molecular weight is 407 g/mol. The molecule has 0 aliphatic rings. The largest absolute Gasteiger partial charge is 0.342 e. The minimum absolute atomic E-state index is 0.282. The number of hydrogen-bond donors (Lipinski definition) is 1. The zero-order valence-electron chi connectivity index (χ0n) is 16.9. The number of hydrogen-bond acceptors (Lipinski definition) is 2. The third-order valence-corrected chi connectivity index (χ3v) is 4.95. The molecule has 154 valence electrons. The molecule has 3 nitrogen and oxygen atoms in total. The number of halogens is 2. The van der Waals surface area contributed by atoms with Crippen molar-refractivity contribution >= 4 is 11.7 Å². The van der Waals surface area contributed by atoms with E-state index >= 15 is 0 Å². The molecule has 1 N–H and O–H groups in total. The first-order chi connectivity index (χ1) is 14.3. The molecule has 1 atom stereocenters. The Labute approximate surface area is 174 Å². The lowest BCUT2D eigenvalue weighted by molar-refractivity contribution is -0.128. The van der Waals surface area contributed by atoms with Gasteiger partial charge in [-0.15, -0.1) is 0 Å². The van der Waals surface area contributed by atoms with Crippen molar-refractivity contribution in [2.75, 3.05) is 0 Å². The number of carbonyl (C=O) groups excluding carboxylic acids is 2. The van der Waals surface area contributed by atoms with Gasteiger partial charge in [0.25, 0.3) is 0 Å². The van der Waals surface area contributed by atoms with Crippen LogP contribution >= 0.6 is 0 Å². The maximum atomic E-state index is 14.4. The average Bonchev–Trinajstić information content (AvgIpc) is 2.67. The molecule has 0 saturated heterocycles. The van der Waals surface area contributed by atoms with Crippen molar-refractivity contribution in [1.29, 1.82) is 0 Å². The van der Waals surface area contributed by atoms with Gasteiger partial charge >= 0.3 is 0 Å². The van der Waals surface area contributed by atoms with E-state index in [4.69, 9.17) is 0 Å². The third kappa shape index (κ3) is 4.98. The molecule has 0 spiro atoms. The number of Topliss-reactive ketones (excluding diaryl/α,β-unsaturated/α-hetero) is 1. The van der Waals surface area contributed by atoms with Crippen molar-refractivity contribution in [3.63, 3.8) is 0 Å². The molecule has 1 amide bonds. The Hall–Kier alpha value is -3.34. The zero-order chi connectivity index (χ0) is 21.7. The monoisotopic (exact) mass is 407 g/mol. The fourth-order valence-electron chi connectivity index (χ4n) is 3.69. The number of amides is 1. The number of rotatable bonds is 7. The molecule has 0 unspecified atom stereocenters. The number of ketones is 1. The lowest BCUT2D eigenvalue weighted by Gasteiger charge is -2.37. The van der Waals surface area contributed by atoms with E-state index in [1.807, 2.05) is 30.3 Å². The Balaban J connectivity index is 2.24. The summed E-state index contributed by atoms with van der Waals surface area (Å²) in [4.78, 5) is 24.3. The van der Waals surface area contributed by atoms with Gasteiger partial charge in [-0.25, -0.2) is 8.78 Å². The number of benzene rings is 3. The van der Waals surface area contributed by atoms with Crippen LogP contribution in [0.25, 0.3) is 0 Å². The molecule has 30 heavy (non-hydrogen) atoms. The van der Waals surface area contributed by atoms with Crippen molar-refractivity contribution in [2.45, 2.75) is 32.2 Å². The molecular formula is C25H23F2NO2. The molecule has 0 heterocycles. The molecule has 0 aromatic heterocycles. The van der Waals surface area contributed by atoms with E-state index in [2.05, 4.69) is 5.32 Å². The molecule has 5 heteroatoms. The summed E-state index contributed by atoms with van der Waals surface area (Å²) in [6.45, 7) is 3.10. The summed E-state index contributed by atoms with van der Waals surface area (Å²) in [5, 5.41) is 2.97. The highest BCUT2D eigenvalue weighted by Gasteiger charge is 2.37. The first-order valence-corrected chi connectivity index (χ1v) is 9.66. The number of carbonyl (C=O) groups is 2. The van der Waals surface area contributed by atoms with Crippen LogP contribution in [0.1, 0.15) is 35.6 Å². The predicted molar refractivity (Wildman–Crippen MR) is 112 cm³/mol. The quantitative estimate of drug-likeness (QED) is 0.569. The Morgan fingerprint density at radius 2 is 1.53 bits per heavy atom. The molecule has 0 bridgehead atoms. The normalized spacial score (nSPS) is 12.8. The van der Waals surface area contributed by atoms with Crippen LogP contribution < -0.4 is 5.32 Å². The molecule has 0 aliphatic carbocycles. The van der Waals surface area contributed by atoms with Crippen LogP contribution in [0.3, 0.4) is 0 Å². The van der Waals surface area contributed by atoms with Crippen LogP contribution in [0.5, 0.6) is 0 Å². The van der Waals surface area contributed by atoms with Crippen LogP contribution in [-0.4, -0.2) is 11.7 Å². The second-order valence-electron chi connectivity index (χ2n) is 7.52. The van der Waals surface area contributed by atoms with E-state index in [1.54, 1.807) is 25.1 Å². The zero-order valence-corrected chi connectivity index (χ0v) is 16.9. The predicted octanol–water partition coefficient (Wildman–Crippen LogP) is 4.85. The molecule has 0 aliphatic heterocycles. The van der Waals surface area contributed by atoms with Gasteiger partial charge in [-0.1, -0.05) is 48.5 Å². The lowest BCUT2D eigenvalue weighted by Crippen LogP contribution is -2.49. The van der Waals surface area contributed by atoms with E-state index in [1.165, 1.54) is 31.2 Å². The van der Waals surface area contributed by atoms with Crippen molar-refractivity contribution in [3.05, 3.63) is 107 Å². The summed E-state index contributed by atoms with van der Waals surface area (Å²) in [6.07, 6.45) is -0.00194. The standard InChI is InChI=1S/C25H23F2NO2/c1-17-12-21(15-23(27)13-17)25(28-24(30)14-18(2)29,16-19-6-4-3-5-7-19)20-8-10-22(26)11-9-20/h3-13,15H,14,16H2,1-2H3,(H,28,30)/t25-/m1/s1. The van der Waals surface area contributed by atoms with E-state index < -0.39 is 23.1 Å². The summed E-state index contributed by atoms with van der Waals surface area (Å²) < 4.78 is 28.1. The minimum Gasteiger partial charge on any atom is -0.342 e. The van der Waals surface area contributed by atoms with Crippen LogP contribution in [0.2, 0.25) is 0 Å². The van der Waals surface area contributed by atoms with Gasteiger partial charge in [0.15, 0.2) is 0 Å². The summed E-state index contributed by atoms with van der Waals surface area (Å²) >= 11 is 0. The molecule has 3 aromatic rings. The highest BCUT2D eigenvalue weighted by Crippen LogP contribution is 2.35. The lowest BCUT2D eigenvalue weighted by atomic mass is 9.77. The Morgan fingerprint density at radius 1 is 0.867 bits per heavy atom.